The molecule has 0 bridgehead atoms. The summed E-state index contributed by atoms with van der Waals surface area (Å²) >= 11 is 2.24. The van der Waals surface area contributed by atoms with Gasteiger partial charge in [-0.15, -0.1) is 0 Å². The van der Waals surface area contributed by atoms with Crippen LogP contribution in [0, 0.1) is 0 Å². The summed E-state index contributed by atoms with van der Waals surface area (Å²) in [6.07, 6.45) is 7.23. The quantitative estimate of drug-likeness (QED) is 0.338. The molecule has 0 aromatic heterocycles. The molecule has 0 aliphatic heterocycles. The SMILES string of the molecule is [B]C(C)(C=CC)NCC(O)C(C)(I)C=CC. The van der Waals surface area contributed by atoms with Crippen molar-refractivity contribution in [2.45, 2.75) is 42.7 Å². The predicted octanol–water partition coefficient (Wildman–Crippen LogP) is 2.17. The van der Waals surface area contributed by atoms with Crippen molar-refractivity contribution in [3.8, 4) is 0 Å². The van der Waals surface area contributed by atoms with Crippen molar-refractivity contribution in [3.63, 3.8) is 0 Å². The van der Waals surface area contributed by atoms with Crippen molar-refractivity contribution < 1.29 is 5.11 Å². The summed E-state index contributed by atoms with van der Waals surface area (Å²) < 4.78 is -0.272. The van der Waals surface area contributed by atoms with E-state index in [1.54, 1.807) is 0 Å². The van der Waals surface area contributed by atoms with Gasteiger partial charge in [0.05, 0.1) is 9.53 Å². The Kier molecular flexibility index (Phi) is 6.90. The first-order valence-electron chi connectivity index (χ1n) is 5.44. The minimum Gasteiger partial charge on any atom is -0.390 e. The van der Waals surface area contributed by atoms with Crippen molar-refractivity contribution in [1.29, 1.82) is 0 Å². The topological polar surface area (TPSA) is 32.3 Å². The van der Waals surface area contributed by atoms with Crippen molar-refractivity contribution in [1.82, 2.24) is 5.32 Å². The molecule has 0 aromatic rings. The average molecular weight is 333 g/mol. The van der Waals surface area contributed by atoms with Crippen LogP contribution in [0.4, 0.5) is 0 Å². The number of hydrogen-bond acceptors (Lipinski definition) is 2. The van der Waals surface area contributed by atoms with E-state index >= 15 is 0 Å². The van der Waals surface area contributed by atoms with Gasteiger partial charge in [-0.05, 0) is 26.2 Å². The maximum atomic E-state index is 10.0. The molecule has 0 fully saturated rings. The summed E-state index contributed by atoms with van der Waals surface area (Å²) in [5.74, 6) is 0. The van der Waals surface area contributed by atoms with Gasteiger partial charge in [0.25, 0.3) is 0 Å². The fraction of sp³-hybridized carbons (Fsp3) is 0.667. The molecule has 0 aliphatic carbocycles. The number of nitrogens with one attached hydrogen (secondary N) is 1. The Morgan fingerprint density at radius 3 is 2.25 bits per heavy atom. The molecule has 0 spiro atoms. The Balaban J connectivity index is 4.32. The molecule has 0 aliphatic rings. The smallest absolute Gasteiger partial charge is 0.101 e. The first kappa shape index (κ1) is 16.2. The van der Waals surface area contributed by atoms with Crippen molar-refractivity contribution in [2.24, 2.45) is 0 Å². The second-order valence-electron chi connectivity index (χ2n) is 4.33. The van der Waals surface area contributed by atoms with Crippen LogP contribution in [0.2, 0.25) is 0 Å². The van der Waals surface area contributed by atoms with Crippen LogP contribution in [0.15, 0.2) is 24.3 Å². The van der Waals surface area contributed by atoms with E-state index in [0.29, 0.717) is 6.54 Å². The molecule has 90 valence electrons. The average Bonchev–Trinajstić information content (AvgIpc) is 2.14. The lowest BCUT2D eigenvalue weighted by atomic mass is 9.79. The number of aliphatic hydroxyl groups is 1. The Labute approximate surface area is 114 Å². The molecule has 0 saturated carbocycles. The lowest BCUT2D eigenvalue weighted by Gasteiger charge is -2.30. The van der Waals surface area contributed by atoms with Gasteiger partial charge in [-0.25, -0.2) is 0 Å². The number of aliphatic hydroxyl groups excluding tert-OH is 1. The molecule has 3 unspecified atom stereocenters. The molecule has 16 heavy (non-hydrogen) atoms. The summed E-state index contributed by atoms with van der Waals surface area (Å²) in [6.45, 7) is 8.19. The van der Waals surface area contributed by atoms with Crippen LogP contribution < -0.4 is 5.32 Å². The third-order valence-electron chi connectivity index (χ3n) is 2.33. The maximum Gasteiger partial charge on any atom is 0.101 e. The minimum atomic E-state index is -0.571. The summed E-state index contributed by atoms with van der Waals surface area (Å²) in [6, 6.07) is 0. The molecule has 4 heteroatoms. The second kappa shape index (κ2) is 6.82. The van der Waals surface area contributed by atoms with E-state index < -0.39 is 11.5 Å². The van der Waals surface area contributed by atoms with Gasteiger partial charge in [0.2, 0.25) is 0 Å². The van der Waals surface area contributed by atoms with Crippen LogP contribution in [0.25, 0.3) is 0 Å². The molecule has 3 atom stereocenters. The van der Waals surface area contributed by atoms with Crippen molar-refractivity contribution in [2.75, 3.05) is 6.54 Å². The zero-order valence-electron chi connectivity index (χ0n) is 10.5. The van der Waals surface area contributed by atoms with Gasteiger partial charge in [-0.2, -0.15) is 0 Å². The Morgan fingerprint density at radius 1 is 1.31 bits per heavy atom. The highest BCUT2D eigenvalue weighted by atomic mass is 127. The van der Waals surface area contributed by atoms with E-state index in [0.717, 1.165) is 0 Å². The number of allylic oxidation sites excluding steroid dienone is 2. The van der Waals surface area contributed by atoms with E-state index in [9.17, 15) is 5.11 Å². The maximum absolute atomic E-state index is 10.0. The lowest BCUT2D eigenvalue weighted by molar-refractivity contribution is 0.152. The molecule has 2 radical (unpaired) electrons. The molecule has 2 N–H and O–H groups in total. The number of halogens is 1. The van der Waals surface area contributed by atoms with Gasteiger partial charge in [0, 0.05) is 6.54 Å². The zero-order valence-corrected chi connectivity index (χ0v) is 12.7. The van der Waals surface area contributed by atoms with Crippen LogP contribution >= 0.6 is 22.6 Å². The highest BCUT2D eigenvalue weighted by Gasteiger charge is 2.27. The van der Waals surface area contributed by atoms with Crippen LogP contribution in [0.1, 0.15) is 27.7 Å². The van der Waals surface area contributed by atoms with E-state index in [1.807, 2.05) is 52.0 Å². The summed E-state index contributed by atoms with van der Waals surface area (Å²) in [7, 11) is 5.96. The number of rotatable bonds is 6. The highest BCUT2D eigenvalue weighted by molar-refractivity contribution is 14.1. The zero-order chi connectivity index (χ0) is 12.8. The number of hydrogen-bond donors (Lipinski definition) is 2. The van der Waals surface area contributed by atoms with Crippen molar-refractivity contribution in [3.05, 3.63) is 24.3 Å². The predicted molar refractivity (Wildman–Crippen MR) is 80.2 cm³/mol. The molecule has 0 aromatic carbocycles. The fourth-order valence-corrected chi connectivity index (χ4v) is 1.94. The molecule has 0 rings (SSSR count). The van der Waals surface area contributed by atoms with Gasteiger partial charge >= 0.3 is 0 Å². The monoisotopic (exact) mass is 333 g/mol. The molecular formula is C12H21BINO. The third kappa shape index (κ3) is 6.06. The van der Waals surface area contributed by atoms with Gasteiger partial charge in [0.1, 0.15) is 7.85 Å². The van der Waals surface area contributed by atoms with Gasteiger partial charge in [0.15, 0.2) is 0 Å². The van der Waals surface area contributed by atoms with Gasteiger partial charge < -0.3 is 10.4 Å². The van der Waals surface area contributed by atoms with Crippen LogP contribution in [0.3, 0.4) is 0 Å². The van der Waals surface area contributed by atoms with Crippen LogP contribution in [0.5, 0.6) is 0 Å². The molecule has 0 amide bonds. The summed E-state index contributed by atoms with van der Waals surface area (Å²) in [5.41, 5.74) is -0.571. The Hall–Kier alpha value is 0.195. The highest BCUT2D eigenvalue weighted by Crippen LogP contribution is 2.24. The molecule has 0 heterocycles. The number of alkyl halides is 1. The normalized spacial score (nSPS) is 22.1. The lowest BCUT2D eigenvalue weighted by Crippen LogP contribution is -2.48. The second-order valence-corrected chi connectivity index (χ2v) is 6.65. The minimum absolute atomic E-state index is 0.272. The van der Waals surface area contributed by atoms with E-state index in [-0.39, 0.29) is 3.42 Å². The molecular weight excluding hydrogens is 312 g/mol. The van der Waals surface area contributed by atoms with Gasteiger partial charge in [-0.3, -0.25) is 0 Å². The molecule has 0 saturated heterocycles. The van der Waals surface area contributed by atoms with Crippen LogP contribution in [-0.4, -0.2) is 34.5 Å². The van der Waals surface area contributed by atoms with Gasteiger partial charge in [-0.1, -0.05) is 53.8 Å². The Morgan fingerprint density at radius 2 is 1.81 bits per heavy atom. The Bertz CT molecular complexity index is 262. The standard InChI is InChI=1S/C12H21BINO/c1-5-7-11(3,14)10(16)9-15-12(4,13)8-6-2/h5-8,10,15-16H,9H2,1-4H3. The summed E-state index contributed by atoms with van der Waals surface area (Å²) in [5, 5.41) is 13.2. The molecule has 2 nitrogen and oxygen atoms in total. The van der Waals surface area contributed by atoms with E-state index in [2.05, 4.69) is 27.9 Å². The largest absolute Gasteiger partial charge is 0.390 e. The van der Waals surface area contributed by atoms with Crippen LogP contribution in [-0.2, 0) is 0 Å². The first-order valence-corrected chi connectivity index (χ1v) is 6.51. The van der Waals surface area contributed by atoms with E-state index in [1.165, 1.54) is 0 Å². The summed E-state index contributed by atoms with van der Waals surface area (Å²) in [4.78, 5) is 0. The van der Waals surface area contributed by atoms with E-state index in [4.69, 9.17) is 7.85 Å². The van der Waals surface area contributed by atoms with Crippen molar-refractivity contribution >= 4 is 30.4 Å². The fourth-order valence-electron chi connectivity index (χ4n) is 1.36. The third-order valence-corrected chi connectivity index (χ3v) is 3.41. The first-order chi connectivity index (χ1) is 7.25.